The van der Waals surface area contributed by atoms with Gasteiger partial charge in [-0.3, -0.25) is 19.5 Å². The van der Waals surface area contributed by atoms with Crippen molar-refractivity contribution in [2.45, 2.75) is 19.3 Å². The van der Waals surface area contributed by atoms with Gasteiger partial charge >= 0.3 is 0 Å². The third-order valence-corrected chi connectivity index (χ3v) is 6.65. The van der Waals surface area contributed by atoms with E-state index in [-0.39, 0.29) is 59.5 Å². The summed E-state index contributed by atoms with van der Waals surface area (Å²) in [5.74, 6) is 1.08. The van der Waals surface area contributed by atoms with Crippen LogP contribution in [0, 0.1) is 23.7 Å². The molecule has 2 bridgehead atoms. The number of rotatable bonds is 7. The molecule has 1 aromatic rings. The smallest absolute Gasteiger partial charge is 0.233 e. The quantitative estimate of drug-likeness (QED) is 0.139. The Morgan fingerprint density at radius 1 is 1.10 bits per heavy atom. The SMILES string of the molecule is CN=C(NCCCN1C(=O)C2C3C=CC(C3)C2C1=O)NCCc1ccccc1Cl.I. The van der Waals surface area contributed by atoms with Crippen LogP contribution in [-0.2, 0) is 16.0 Å². The van der Waals surface area contributed by atoms with Gasteiger partial charge in [-0.1, -0.05) is 42.0 Å². The Balaban J connectivity index is 0.00000256. The Hall–Kier alpha value is -1.61. The van der Waals surface area contributed by atoms with Gasteiger partial charge in [-0.15, -0.1) is 24.0 Å². The van der Waals surface area contributed by atoms with E-state index < -0.39 is 0 Å². The van der Waals surface area contributed by atoms with Crippen molar-refractivity contribution in [3.8, 4) is 0 Å². The number of guanidine groups is 1. The number of benzene rings is 1. The summed E-state index contributed by atoms with van der Waals surface area (Å²) >= 11 is 6.18. The van der Waals surface area contributed by atoms with E-state index in [1.54, 1.807) is 7.05 Å². The Morgan fingerprint density at radius 3 is 2.37 bits per heavy atom. The topological polar surface area (TPSA) is 73.8 Å². The molecule has 2 fully saturated rings. The second-order valence-corrected chi connectivity index (χ2v) is 8.36. The third kappa shape index (κ3) is 4.51. The van der Waals surface area contributed by atoms with Crippen molar-refractivity contribution in [3.05, 3.63) is 47.0 Å². The number of allylic oxidation sites excluding steroid dienone is 2. The third-order valence-electron chi connectivity index (χ3n) is 6.28. The summed E-state index contributed by atoms with van der Waals surface area (Å²) in [6.45, 7) is 1.82. The number of nitrogens with zero attached hydrogens (tertiary/aromatic N) is 2. The average molecular weight is 543 g/mol. The van der Waals surface area contributed by atoms with Gasteiger partial charge in [0.2, 0.25) is 11.8 Å². The fourth-order valence-electron chi connectivity index (χ4n) is 4.87. The molecular weight excluding hydrogens is 515 g/mol. The van der Waals surface area contributed by atoms with Crippen LogP contribution in [0.15, 0.2) is 41.4 Å². The molecule has 162 valence electrons. The lowest BCUT2D eigenvalue weighted by molar-refractivity contribution is -0.140. The van der Waals surface area contributed by atoms with Crippen LogP contribution in [0.1, 0.15) is 18.4 Å². The van der Waals surface area contributed by atoms with Crippen molar-refractivity contribution in [2.75, 3.05) is 26.7 Å². The van der Waals surface area contributed by atoms with Crippen LogP contribution in [0.2, 0.25) is 5.02 Å². The first-order valence-electron chi connectivity index (χ1n) is 10.3. The van der Waals surface area contributed by atoms with E-state index in [2.05, 4.69) is 27.8 Å². The highest BCUT2D eigenvalue weighted by molar-refractivity contribution is 14.0. The number of likely N-dealkylation sites (tertiary alicyclic amines) is 1. The number of carbonyl (C=O) groups excluding carboxylic acids is 2. The summed E-state index contributed by atoms with van der Waals surface area (Å²) in [5, 5.41) is 7.29. The highest BCUT2D eigenvalue weighted by Crippen LogP contribution is 2.52. The lowest BCUT2D eigenvalue weighted by atomic mass is 9.85. The van der Waals surface area contributed by atoms with Gasteiger partial charge < -0.3 is 10.6 Å². The monoisotopic (exact) mass is 542 g/mol. The number of carbonyl (C=O) groups is 2. The molecule has 1 saturated carbocycles. The van der Waals surface area contributed by atoms with E-state index >= 15 is 0 Å². The second kappa shape index (κ2) is 10.1. The number of halogens is 2. The van der Waals surface area contributed by atoms with E-state index in [1.807, 2.05) is 24.3 Å². The van der Waals surface area contributed by atoms with Gasteiger partial charge in [0.05, 0.1) is 11.8 Å². The second-order valence-electron chi connectivity index (χ2n) is 7.95. The molecule has 0 aromatic heterocycles. The molecule has 4 atom stereocenters. The summed E-state index contributed by atoms with van der Waals surface area (Å²) in [5.41, 5.74) is 1.09. The molecule has 1 aliphatic heterocycles. The molecule has 30 heavy (non-hydrogen) atoms. The van der Waals surface area contributed by atoms with Gasteiger partial charge in [-0.2, -0.15) is 0 Å². The summed E-state index contributed by atoms with van der Waals surface area (Å²) in [4.78, 5) is 31.1. The van der Waals surface area contributed by atoms with E-state index in [9.17, 15) is 9.59 Å². The Bertz CT molecular complexity index is 829. The van der Waals surface area contributed by atoms with Crippen LogP contribution < -0.4 is 10.6 Å². The number of hydrogen-bond donors (Lipinski definition) is 2. The van der Waals surface area contributed by atoms with Crippen LogP contribution in [-0.4, -0.2) is 49.4 Å². The lowest BCUT2D eigenvalue weighted by Gasteiger charge is -2.18. The summed E-state index contributed by atoms with van der Waals surface area (Å²) < 4.78 is 0. The molecule has 8 heteroatoms. The minimum absolute atomic E-state index is 0. The average Bonchev–Trinajstić information content (AvgIpc) is 3.40. The van der Waals surface area contributed by atoms with Crippen LogP contribution in [0.4, 0.5) is 0 Å². The van der Waals surface area contributed by atoms with Crippen molar-refractivity contribution in [1.29, 1.82) is 0 Å². The van der Waals surface area contributed by atoms with Gasteiger partial charge in [0.25, 0.3) is 0 Å². The van der Waals surface area contributed by atoms with Crippen molar-refractivity contribution in [2.24, 2.45) is 28.7 Å². The number of nitrogens with one attached hydrogen (secondary N) is 2. The van der Waals surface area contributed by atoms with E-state index in [0.717, 1.165) is 23.4 Å². The van der Waals surface area contributed by atoms with Crippen molar-refractivity contribution in [1.82, 2.24) is 15.5 Å². The first-order valence-corrected chi connectivity index (χ1v) is 10.7. The fraction of sp³-hybridized carbons (Fsp3) is 0.500. The first-order chi connectivity index (χ1) is 14.1. The van der Waals surface area contributed by atoms with Gasteiger partial charge in [0.1, 0.15) is 0 Å². The molecule has 1 saturated heterocycles. The van der Waals surface area contributed by atoms with E-state index in [0.29, 0.717) is 32.0 Å². The summed E-state index contributed by atoms with van der Waals surface area (Å²) in [6, 6.07) is 7.80. The van der Waals surface area contributed by atoms with Crippen LogP contribution in [0.3, 0.4) is 0 Å². The van der Waals surface area contributed by atoms with Crippen LogP contribution in [0.5, 0.6) is 0 Å². The number of aliphatic imine (C=N–C) groups is 1. The standard InChI is InChI=1S/C22H27ClN4O2.HI/c1-24-22(26-11-9-14-5-2-3-6-17(14)23)25-10-4-12-27-20(28)18-15-7-8-16(13-15)19(18)21(27)29;/h2-3,5-8,15-16,18-19H,4,9-13H2,1H3,(H2,24,25,26);1H. The zero-order valence-electron chi connectivity index (χ0n) is 17.0. The van der Waals surface area contributed by atoms with Gasteiger partial charge in [-0.05, 0) is 42.7 Å². The molecule has 0 spiro atoms. The molecule has 4 rings (SSSR count). The maximum Gasteiger partial charge on any atom is 0.233 e. The van der Waals surface area contributed by atoms with Crippen molar-refractivity contribution >= 4 is 53.4 Å². The zero-order valence-corrected chi connectivity index (χ0v) is 20.1. The van der Waals surface area contributed by atoms with Crippen LogP contribution >= 0.6 is 35.6 Å². The predicted molar refractivity (Wildman–Crippen MR) is 129 cm³/mol. The van der Waals surface area contributed by atoms with Gasteiger partial charge in [-0.25, -0.2) is 0 Å². The van der Waals surface area contributed by atoms with Crippen molar-refractivity contribution < 1.29 is 9.59 Å². The van der Waals surface area contributed by atoms with E-state index in [1.165, 1.54) is 4.90 Å². The number of imide groups is 1. The van der Waals surface area contributed by atoms with Gasteiger partial charge in [0.15, 0.2) is 5.96 Å². The normalized spacial score (nSPS) is 26.7. The van der Waals surface area contributed by atoms with Crippen LogP contribution in [0.25, 0.3) is 0 Å². The lowest BCUT2D eigenvalue weighted by Crippen LogP contribution is -2.40. The molecule has 6 nitrogen and oxygen atoms in total. The van der Waals surface area contributed by atoms with E-state index in [4.69, 9.17) is 11.6 Å². The summed E-state index contributed by atoms with van der Waals surface area (Å²) in [6.07, 6.45) is 6.72. The summed E-state index contributed by atoms with van der Waals surface area (Å²) in [7, 11) is 1.72. The highest BCUT2D eigenvalue weighted by Gasteiger charge is 2.58. The number of fused-ring (bicyclic) bond motifs is 5. The Kier molecular flexibility index (Phi) is 7.79. The first kappa shape index (κ1) is 23.1. The molecule has 1 heterocycles. The fourth-order valence-corrected chi connectivity index (χ4v) is 5.10. The van der Waals surface area contributed by atoms with Gasteiger partial charge in [0, 0.05) is 31.7 Å². The molecule has 4 unspecified atom stereocenters. The number of hydrogen-bond acceptors (Lipinski definition) is 3. The molecular formula is C22H28ClIN4O2. The Morgan fingerprint density at radius 2 is 1.73 bits per heavy atom. The Labute approximate surface area is 199 Å². The molecule has 1 aromatic carbocycles. The maximum atomic E-state index is 12.7. The zero-order chi connectivity index (χ0) is 20.4. The minimum Gasteiger partial charge on any atom is -0.356 e. The molecule has 0 radical (unpaired) electrons. The maximum absolute atomic E-state index is 12.7. The van der Waals surface area contributed by atoms with Crippen molar-refractivity contribution in [3.63, 3.8) is 0 Å². The molecule has 2 aliphatic carbocycles. The largest absolute Gasteiger partial charge is 0.356 e. The molecule has 2 amide bonds. The molecule has 3 aliphatic rings. The minimum atomic E-state index is -0.107. The molecule has 2 N–H and O–H groups in total. The predicted octanol–water partition coefficient (Wildman–Crippen LogP) is 2.86. The number of amides is 2. The highest BCUT2D eigenvalue weighted by atomic mass is 127.